The van der Waals surface area contributed by atoms with Gasteiger partial charge >= 0.3 is 0 Å². The lowest BCUT2D eigenvalue weighted by molar-refractivity contribution is 0.101. The maximum absolute atomic E-state index is 12.2. The molecule has 0 heterocycles. The number of likely N-dealkylation sites (N-methyl/N-ethyl adjacent to an activating group) is 1. The van der Waals surface area contributed by atoms with Gasteiger partial charge in [-0.1, -0.05) is 12.1 Å². The molecule has 1 amide bonds. The molecule has 0 saturated heterocycles. The monoisotopic (exact) mass is 312 g/mol. The molecule has 0 radical (unpaired) electrons. The van der Waals surface area contributed by atoms with Gasteiger partial charge in [-0.3, -0.25) is 9.59 Å². The molecule has 0 unspecified atom stereocenters. The summed E-state index contributed by atoms with van der Waals surface area (Å²) in [5.74, 6) is -0.254. The smallest absolute Gasteiger partial charge is 0.255 e. The Hall–Kier alpha value is -2.66. The number of aliphatic hydroxyl groups is 1. The largest absolute Gasteiger partial charge is 0.395 e. The van der Waals surface area contributed by atoms with Crippen molar-refractivity contribution in [2.45, 2.75) is 6.92 Å². The Balaban J connectivity index is 2.03. The fourth-order valence-corrected chi connectivity index (χ4v) is 2.14. The molecule has 0 aliphatic heterocycles. The van der Waals surface area contributed by atoms with E-state index in [4.69, 9.17) is 5.11 Å². The van der Waals surface area contributed by atoms with Crippen molar-refractivity contribution in [3.63, 3.8) is 0 Å². The minimum Gasteiger partial charge on any atom is -0.395 e. The van der Waals surface area contributed by atoms with Crippen LogP contribution in [0.15, 0.2) is 48.5 Å². The van der Waals surface area contributed by atoms with Gasteiger partial charge in [0.1, 0.15) is 0 Å². The van der Waals surface area contributed by atoms with Gasteiger partial charge < -0.3 is 15.3 Å². The first-order valence-electron chi connectivity index (χ1n) is 7.35. The van der Waals surface area contributed by atoms with Gasteiger partial charge in [-0.25, -0.2) is 0 Å². The molecule has 5 nitrogen and oxygen atoms in total. The summed E-state index contributed by atoms with van der Waals surface area (Å²) in [4.78, 5) is 25.3. The number of amides is 1. The molecule has 0 aromatic heterocycles. The normalized spacial score (nSPS) is 10.2. The lowest BCUT2D eigenvalue weighted by Crippen LogP contribution is -2.21. The average molecular weight is 312 g/mol. The fraction of sp³-hybridized carbons (Fsp3) is 0.222. The van der Waals surface area contributed by atoms with E-state index in [9.17, 15) is 9.59 Å². The van der Waals surface area contributed by atoms with Gasteiger partial charge in [0, 0.05) is 36.1 Å². The molecule has 23 heavy (non-hydrogen) atoms. The highest BCUT2D eigenvalue weighted by Crippen LogP contribution is 2.17. The second kappa shape index (κ2) is 7.56. The number of hydrogen-bond donors (Lipinski definition) is 2. The summed E-state index contributed by atoms with van der Waals surface area (Å²) in [5.41, 5.74) is 2.73. The minimum atomic E-state index is -0.225. The third kappa shape index (κ3) is 4.40. The Morgan fingerprint density at radius 1 is 1.00 bits per heavy atom. The maximum atomic E-state index is 12.2. The zero-order chi connectivity index (χ0) is 16.8. The zero-order valence-electron chi connectivity index (χ0n) is 13.2. The van der Waals surface area contributed by atoms with E-state index in [1.807, 2.05) is 36.2 Å². The Morgan fingerprint density at radius 3 is 2.09 bits per heavy atom. The van der Waals surface area contributed by atoms with Crippen LogP contribution in [0.2, 0.25) is 0 Å². The van der Waals surface area contributed by atoms with Gasteiger partial charge in [0.15, 0.2) is 5.78 Å². The number of rotatable bonds is 6. The second-order valence-electron chi connectivity index (χ2n) is 5.28. The molecule has 0 aliphatic rings. The number of ketones is 1. The summed E-state index contributed by atoms with van der Waals surface area (Å²) >= 11 is 0. The van der Waals surface area contributed by atoms with E-state index in [0.29, 0.717) is 23.4 Å². The Kier molecular flexibility index (Phi) is 5.49. The quantitative estimate of drug-likeness (QED) is 0.804. The third-order valence-electron chi connectivity index (χ3n) is 3.55. The van der Waals surface area contributed by atoms with Crippen LogP contribution in [0.4, 0.5) is 11.4 Å². The minimum absolute atomic E-state index is 0.0282. The summed E-state index contributed by atoms with van der Waals surface area (Å²) in [6.45, 7) is 2.13. The van der Waals surface area contributed by atoms with Crippen molar-refractivity contribution in [3.8, 4) is 0 Å². The van der Waals surface area contributed by atoms with E-state index in [1.165, 1.54) is 6.92 Å². The second-order valence-corrected chi connectivity index (χ2v) is 5.28. The fourth-order valence-electron chi connectivity index (χ4n) is 2.14. The van der Waals surface area contributed by atoms with Gasteiger partial charge in [0.05, 0.1) is 6.61 Å². The first kappa shape index (κ1) is 16.7. The van der Waals surface area contributed by atoms with Gasteiger partial charge in [0.25, 0.3) is 5.91 Å². The maximum Gasteiger partial charge on any atom is 0.255 e. The first-order valence-corrected chi connectivity index (χ1v) is 7.35. The molecular formula is C18H20N2O3. The van der Waals surface area contributed by atoms with Gasteiger partial charge in [-0.2, -0.15) is 0 Å². The van der Waals surface area contributed by atoms with Crippen molar-refractivity contribution in [1.29, 1.82) is 0 Å². The van der Waals surface area contributed by atoms with E-state index < -0.39 is 0 Å². The standard InChI is InChI=1S/C18H20N2O3/c1-13(22)14-3-5-15(6-4-14)18(23)19-16-7-9-17(10-8-16)20(2)11-12-21/h3-10,21H,11-12H2,1-2H3,(H,19,23). The summed E-state index contributed by atoms with van der Waals surface area (Å²) in [5, 5.41) is 11.7. The predicted octanol–water partition coefficient (Wildman–Crippen LogP) is 2.57. The van der Waals surface area contributed by atoms with Crippen molar-refractivity contribution >= 4 is 23.1 Å². The number of carbonyl (C=O) groups is 2. The Bertz CT molecular complexity index is 678. The topological polar surface area (TPSA) is 69.6 Å². The molecule has 0 spiro atoms. The highest BCUT2D eigenvalue weighted by molar-refractivity contribution is 6.05. The van der Waals surface area contributed by atoms with Crippen LogP contribution in [-0.4, -0.2) is 37.0 Å². The van der Waals surface area contributed by atoms with Crippen molar-refractivity contribution in [2.75, 3.05) is 30.4 Å². The predicted molar refractivity (Wildman–Crippen MR) is 91.2 cm³/mol. The van der Waals surface area contributed by atoms with E-state index in [0.717, 1.165) is 5.69 Å². The van der Waals surface area contributed by atoms with E-state index in [-0.39, 0.29) is 18.3 Å². The number of Topliss-reactive ketones (excluding diaryl/α,β-unsaturated/α-hetero) is 1. The van der Waals surface area contributed by atoms with Crippen molar-refractivity contribution in [2.24, 2.45) is 0 Å². The van der Waals surface area contributed by atoms with Crippen LogP contribution >= 0.6 is 0 Å². The lowest BCUT2D eigenvalue weighted by Gasteiger charge is -2.18. The molecule has 0 saturated carbocycles. The van der Waals surface area contributed by atoms with E-state index in [1.54, 1.807) is 24.3 Å². The number of benzene rings is 2. The van der Waals surface area contributed by atoms with Gasteiger partial charge in [-0.05, 0) is 43.3 Å². The number of carbonyl (C=O) groups excluding carboxylic acids is 2. The summed E-state index contributed by atoms with van der Waals surface area (Å²) in [6, 6.07) is 13.9. The number of anilines is 2. The van der Waals surface area contributed by atoms with Gasteiger partial charge in [0.2, 0.25) is 0 Å². The Labute approximate surface area is 135 Å². The number of aliphatic hydroxyl groups excluding tert-OH is 1. The van der Waals surface area contributed by atoms with Crippen LogP contribution in [0, 0.1) is 0 Å². The van der Waals surface area contributed by atoms with Crippen LogP contribution in [0.25, 0.3) is 0 Å². The molecule has 2 aromatic rings. The van der Waals surface area contributed by atoms with E-state index >= 15 is 0 Å². The molecule has 0 atom stereocenters. The third-order valence-corrected chi connectivity index (χ3v) is 3.55. The molecule has 2 rings (SSSR count). The number of nitrogens with zero attached hydrogens (tertiary/aromatic N) is 1. The molecule has 2 N–H and O–H groups in total. The number of hydrogen-bond acceptors (Lipinski definition) is 4. The van der Waals surface area contributed by atoms with Crippen LogP contribution in [0.3, 0.4) is 0 Å². The summed E-state index contributed by atoms with van der Waals surface area (Å²) in [7, 11) is 1.89. The van der Waals surface area contributed by atoms with Crippen molar-refractivity contribution in [1.82, 2.24) is 0 Å². The first-order chi connectivity index (χ1) is 11.0. The molecule has 5 heteroatoms. The van der Waals surface area contributed by atoms with Crippen LogP contribution in [0.5, 0.6) is 0 Å². The van der Waals surface area contributed by atoms with Crippen LogP contribution < -0.4 is 10.2 Å². The SMILES string of the molecule is CC(=O)c1ccc(C(=O)Nc2ccc(N(C)CCO)cc2)cc1. The number of nitrogens with one attached hydrogen (secondary N) is 1. The molecule has 0 fully saturated rings. The molecule has 0 bridgehead atoms. The molecular weight excluding hydrogens is 292 g/mol. The molecule has 0 aliphatic carbocycles. The van der Waals surface area contributed by atoms with E-state index in [2.05, 4.69) is 5.32 Å². The van der Waals surface area contributed by atoms with Crippen LogP contribution in [-0.2, 0) is 0 Å². The van der Waals surface area contributed by atoms with Crippen molar-refractivity contribution < 1.29 is 14.7 Å². The van der Waals surface area contributed by atoms with Crippen molar-refractivity contribution in [3.05, 3.63) is 59.7 Å². The van der Waals surface area contributed by atoms with Crippen LogP contribution in [0.1, 0.15) is 27.6 Å². The zero-order valence-corrected chi connectivity index (χ0v) is 13.2. The summed E-state index contributed by atoms with van der Waals surface area (Å²) in [6.07, 6.45) is 0. The van der Waals surface area contributed by atoms with Gasteiger partial charge in [-0.15, -0.1) is 0 Å². The summed E-state index contributed by atoms with van der Waals surface area (Å²) < 4.78 is 0. The molecule has 120 valence electrons. The highest BCUT2D eigenvalue weighted by Gasteiger charge is 2.08. The average Bonchev–Trinajstić information content (AvgIpc) is 2.55. The highest BCUT2D eigenvalue weighted by atomic mass is 16.3. The lowest BCUT2D eigenvalue weighted by atomic mass is 10.1. The Morgan fingerprint density at radius 2 is 1.57 bits per heavy atom. The molecule has 2 aromatic carbocycles.